The fourth-order valence-electron chi connectivity index (χ4n) is 1.66. The molecule has 0 unspecified atom stereocenters. The van der Waals surface area contributed by atoms with Crippen LogP contribution in [0.25, 0.3) is 0 Å². The van der Waals surface area contributed by atoms with E-state index in [1.54, 1.807) is 30.3 Å². The van der Waals surface area contributed by atoms with Crippen LogP contribution in [0.1, 0.15) is 24.2 Å². The Labute approximate surface area is 132 Å². The number of esters is 1. The van der Waals surface area contributed by atoms with E-state index >= 15 is 0 Å². The first kappa shape index (κ1) is 14.8. The molecule has 0 aliphatic heterocycles. The van der Waals surface area contributed by atoms with Gasteiger partial charge < -0.3 is 9.47 Å². The summed E-state index contributed by atoms with van der Waals surface area (Å²) in [5, 5.41) is 0. The number of hydrogen-bond acceptors (Lipinski definition) is 3. The number of hydrogen-bond donors (Lipinski definition) is 0. The van der Waals surface area contributed by atoms with Crippen LogP contribution in [0.3, 0.4) is 0 Å². The van der Waals surface area contributed by atoms with Gasteiger partial charge in [0.2, 0.25) is 0 Å². The monoisotopic (exact) mass is 382 g/mol. The molecule has 0 N–H and O–H groups in total. The molecule has 2 rings (SSSR count). The van der Waals surface area contributed by atoms with Crippen LogP contribution in [-0.4, -0.2) is 12.1 Å². The Balaban J connectivity index is 2.18. The number of carbonyl (C=O) groups is 1. The SMILES string of the molecule is CC(C)Oc1ccccc1C(=O)Oc1ccc(I)cc1. The molecule has 0 heterocycles. The third kappa shape index (κ3) is 3.96. The van der Waals surface area contributed by atoms with E-state index in [1.165, 1.54) is 0 Å². The van der Waals surface area contributed by atoms with E-state index in [-0.39, 0.29) is 6.10 Å². The Morgan fingerprint density at radius 2 is 1.70 bits per heavy atom. The molecule has 0 fully saturated rings. The second-order valence-electron chi connectivity index (χ2n) is 4.51. The lowest BCUT2D eigenvalue weighted by Crippen LogP contribution is -2.13. The first-order chi connectivity index (χ1) is 9.56. The van der Waals surface area contributed by atoms with Gasteiger partial charge in [0, 0.05) is 3.57 Å². The van der Waals surface area contributed by atoms with Crippen molar-refractivity contribution in [2.75, 3.05) is 0 Å². The van der Waals surface area contributed by atoms with Crippen LogP contribution >= 0.6 is 22.6 Å². The van der Waals surface area contributed by atoms with E-state index in [9.17, 15) is 4.79 Å². The summed E-state index contributed by atoms with van der Waals surface area (Å²) >= 11 is 2.20. The third-order valence-corrected chi connectivity index (χ3v) is 3.21. The summed E-state index contributed by atoms with van der Waals surface area (Å²) in [4.78, 5) is 12.2. The summed E-state index contributed by atoms with van der Waals surface area (Å²) < 4.78 is 12.1. The lowest BCUT2D eigenvalue weighted by molar-refractivity contribution is 0.0728. The van der Waals surface area contributed by atoms with E-state index < -0.39 is 5.97 Å². The van der Waals surface area contributed by atoms with Crippen molar-refractivity contribution in [3.8, 4) is 11.5 Å². The molecule has 0 bridgehead atoms. The van der Waals surface area contributed by atoms with Crippen molar-refractivity contribution < 1.29 is 14.3 Å². The fourth-order valence-corrected chi connectivity index (χ4v) is 2.02. The highest BCUT2D eigenvalue weighted by Crippen LogP contribution is 2.22. The number of ether oxygens (including phenoxy) is 2. The van der Waals surface area contributed by atoms with Gasteiger partial charge in [-0.05, 0) is 72.8 Å². The molecular formula is C16H15IO3. The summed E-state index contributed by atoms with van der Waals surface area (Å²) in [5.74, 6) is 0.648. The predicted molar refractivity (Wildman–Crippen MR) is 86.3 cm³/mol. The average molecular weight is 382 g/mol. The summed E-state index contributed by atoms with van der Waals surface area (Å²) in [6, 6.07) is 14.4. The van der Waals surface area contributed by atoms with Crippen molar-refractivity contribution in [2.45, 2.75) is 20.0 Å². The van der Waals surface area contributed by atoms with Crippen LogP contribution in [-0.2, 0) is 0 Å². The van der Waals surface area contributed by atoms with Gasteiger partial charge in [0.15, 0.2) is 0 Å². The van der Waals surface area contributed by atoms with Gasteiger partial charge in [0.25, 0.3) is 0 Å². The van der Waals surface area contributed by atoms with Gasteiger partial charge in [-0.15, -0.1) is 0 Å². The first-order valence-electron chi connectivity index (χ1n) is 6.29. The van der Waals surface area contributed by atoms with Crippen molar-refractivity contribution in [2.24, 2.45) is 0 Å². The van der Waals surface area contributed by atoms with Gasteiger partial charge in [-0.2, -0.15) is 0 Å². The van der Waals surface area contributed by atoms with Crippen LogP contribution in [0.2, 0.25) is 0 Å². The molecule has 0 radical (unpaired) electrons. The molecule has 0 aliphatic carbocycles. The topological polar surface area (TPSA) is 35.5 Å². The van der Waals surface area contributed by atoms with Gasteiger partial charge >= 0.3 is 5.97 Å². The van der Waals surface area contributed by atoms with Crippen molar-refractivity contribution in [3.05, 3.63) is 57.7 Å². The standard InChI is InChI=1S/C16H15IO3/c1-11(2)19-15-6-4-3-5-14(15)16(18)20-13-9-7-12(17)8-10-13/h3-11H,1-2H3. The molecule has 2 aromatic carbocycles. The highest BCUT2D eigenvalue weighted by atomic mass is 127. The number of benzene rings is 2. The van der Waals surface area contributed by atoms with Gasteiger partial charge in [0.1, 0.15) is 17.1 Å². The minimum atomic E-state index is -0.414. The molecule has 0 spiro atoms. The molecule has 0 aliphatic rings. The molecule has 2 aromatic rings. The molecule has 0 atom stereocenters. The highest BCUT2D eigenvalue weighted by molar-refractivity contribution is 14.1. The van der Waals surface area contributed by atoms with E-state index in [0.29, 0.717) is 17.1 Å². The molecule has 3 nitrogen and oxygen atoms in total. The lowest BCUT2D eigenvalue weighted by Gasteiger charge is -2.13. The van der Waals surface area contributed by atoms with Crippen LogP contribution in [0, 0.1) is 3.57 Å². The molecule has 104 valence electrons. The maximum Gasteiger partial charge on any atom is 0.347 e. The van der Waals surface area contributed by atoms with E-state index in [0.717, 1.165) is 3.57 Å². The molecule has 4 heteroatoms. The zero-order valence-corrected chi connectivity index (χ0v) is 13.5. The van der Waals surface area contributed by atoms with E-state index in [4.69, 9.17) is 9.47 Å². The summed E-state index contributed by atoms with van der Waals surface area (Å²) in [7, 11) is 0. The van der Waals surface area contributed by atoms with Crippen molar-refractivity contribution in [1.82, 2.24) is 0 Å². The fraction of sp³-hybridized carbons (Fsp3) is 0.188. The maximum absolute atomic E-state index is 12.2. The van der Waals surface area contributed by atoms with Gasteiger partial charge in [0.05, 0.1) is 6.10 Å². The Bertz CT molecular complexity index is 591. The second kappa shape index (κ2) is 6.74. The average Bonchev–Trinajstić information content (AvgIpc) is 2.41. The van der Waals surface area contributed by atoms with Crippen molar-refractivity contribution in [1.29, 1.82) is 0 Å². The smallest absolute Gasteiger partial charge is 0.347 e. The molecular weight excluding hydrogens is 367 g/mol. The van der Waals surface area contributed by atoms with Crippen LogP contribution < -0.4 is 9.47 Å². The number of para-hydroxylation sites is 1. The number of halogens is 1. The largest absolute Gasteiger partial charge is 0.490 e. The third-order valence-electron chi connectivity index (χ3n) is 2.49. The zero-order valence-electron chi connectivity index (χ0n) is 11.3. The molecule has 0 amide bonds. The Hall–Kier alpha value is -1.56. The van der Waals surface area contributed by atoms with Crippen molar-refractivity contribution >= 4 is 28.6 Å². The van der Waals surface area contributed by atoms with Crippen LogP contribution in [0.15, 0.2) is 48.5 Å². The summed E-state index contributed by atoms with van der Waals surface area (Å²) in [6.45, 7) is 3.84. The maximum atomic E-state index is 12.2. The summed E-state index contributed by atoms with van der Waals surface area (Å²) in [5.41, 5.74) is 0.430. The quantitative estimate of drug-likeness (QED) is 0.450. The molecule has 0 saturated heterocycles. The first-order valence-corrected chi connectivity index (χ1v) is 7.37. The minimum Gasteiger partial charge on any atom is -0.490 e. The normalized spacial score (nSPS) is 10.4. The van der Waals surface area contributed by atoms with E-state index in [2.05, 4.69) is 22.6 Å². The Kier molecular flexibility index (Phi) is 5.00. The zero-order chi connectivity index (χ0) is 14.5. The summed E-state index contributed by atoms with van der Waals surface area (Å²) in [6.07, 6.45) is 0.00209. The molecule has 20 heavy (non-hydrogen) atoms. The number of carbonyl (C=O) groups excluding carboxylic acids is 1. The van der Waals surface area contributed by atoms with E-state index in [1.807, 2.05) is 32.0 Å². The van der Waals surface area contributed by atoms with Crippen LogP contribution in [0.4, 0.5) is 0 Å². The minimum absolute atomic E-state index is 0.00209. The molecule has 0 aromatic heterocycles. The van der Waals surface area contributed by atoms with Crippen molar-refractivity contribution in [3.63, 3.8) is 0 Å². The molecule has 0 saturated carbocycles. The lowest BCUT2D eigenvalue weighted by atomic mass is 10.2. The second-order valence-corrected chi connectivity index (χ2v) is 5.75. The van der Waals surface area contributed by atoms with Gasteiger partial charge in [-0.25, -0.2) is 4.79 Å². The predicted octanol–water partition coefficient (Wildman–Crippen LogP) is 4.30. The van der Waals surface area contributed by atoms with Crippen LogP contribution in [0.5, 0.6) is 11.5 Å². The number of rotatable bonds is 4. The Morgan fingerprint density at radius 3 is 2.35 bits per heavy atom. The van der Waals surface area contributed by atoms with Gasteiger partial charge in [-0.1, -0.05) is 12.1 Å². The highest BCUT2D eigenvalue weighted by Gasteiger charge is 2.15. The Morgan fingerprint density at radius 1 is 1.05 bits per heavy atom. The van der Waals surface area contributed by atoms with Gasteiger partial charge in [-0.3, -0.25) is 0 Å².